The van der Waals surface area contributed by atoms with Gasteiger partial charge in [-0.15, -0.1) is 6.42 Å². The number of rotatable bonds is 0. The van der Waals surface area contributed by atoms with E-state index in [-0.39, 0.29) is 5.56 Å². The average Bonchev–Trinajstić information content (AvgIpc) is 1.97. The fourth-order valence-corrected chi connectivity index (χ4v) is 1.02. The van der Waals surface area contributed by atoms with Crippen LogP contribution in [-0.4, -0.2) is 0 Å². The largest absolute Gasteiger partial charge is 0.398 e. The number of hydrogen-bond acceptors (Lipinski definition) is 1. The molecule has 1 nitrogen and oxygen atoms in total. The Balaban J connectivity index is 3.35. The summed E-state index contributed by atoms with van der Waals surface area (Å²) in [7, 11) is 0. The molecule has 0 amide bonds. The lowest BCUT2D eigenvalue weighted by molar-refractivity contribution is 0.625. The smallest absolute Gasteiger partial charge is 0.140 e. The zero-order valence-electron chi connectivity index (χ0n) is 5.57. The summed E-state index contributed by atoms with van der Waals surface area (Å²) in [5.41, 5.74) is 5.95. The fraction of sp³-hybridized carbons (Fsp3) is 0. The lowest BCUT2D eigenvalue weighted by Crippen LogP contribution is -1.91. The Labute approximate surface area is 72.5 Å². The summed E-state index contributed by atoms with van der Waals surface area (Å²) in [6.07, 6.45) is 5.02. The van der Waals surface area contributed by atoms with Crippen LogP contribution in [-0.2, 0) is 0 Å². The molecule has 56 valence electrons. The second kappa shape index (κ2) is 2.93. The predicted octanol–water partition coefficient (Wildman–Crippen LogP) is 2.15. The third-order valence-electron chi connectivity index (χ3n) is 1.24. The van der Waals surface area contributed by atoms with Crippen LogP contribution in [0.1, 0.15) is 5.56 Å². The van der Waals surface area contributed by atoms with Crippen molar-refractivity contribution in [3.8, 4) is 12.3 Å². The van der Waals surface area contributed by atoms with Gasteiger partial charge in [-0.1, -0.05) is 5.92 Å². The van der Waals surface area contributed by atoms with Gasteiger partial charge in [0.15, 0.2) is 0 Å². The van der Waals surface area contributed by atoms with E-state index >= 15 is 0 Å². The molecule has 0 heterocycles. The molecule has 0 saturated carbocycles. The van der Waals surface area contributed by atoms with Crippen LogP contribution >= 0.6 is 15.9 Å². The van der Waals surface area contributed by atoms with Crippen molar-refractivity contribution in [1.82, 2.24) is 0 Å². The van der Waals surface area contributed by atoms with Gasteiger partial charge in [0.2, 0.25) is 0 Å². The van der Waals surface area contributed by atoms with E-state index in [0.717, 1.165) is 0 Å². The maximum atomic E-state index is 12.8. The molecular weight excluding hydrogens is 209 g/mol. The van der Waals surface area contributed by atoms with Gasteiger partial charge in [0.1, 0.15) is 5.82 Å². The van der Waals surface area contributed by atoms with Crippen LogP contribution in [0.25, 0.3) is 0 Å². The van der Waals surface area contributed by atoms with Crippen molar-refractivity contribution in [3.63, 3.8) is 0 Å². The normalized spacial score (nSPS) is 9.18. The lowest BCUT2D eigenvalue weighted by atomic mass is 10.2. The molecule has 1 aromatic carbocycles. The van der Waals surface area contributed by atoms with Crippen molar-refractivity contribution in [2.45, 2.75) is 0 Å². The topological polar surface area (TPSA) is 26.0 Å². The van der Waals surface area contributed by atoms with Gasteiger partial charge < -0.3 is 5.73 Å². The number of benzene rings is 1. The number of terminal acetylenes is 1. The van der Waals surface area contributed by atoms with Gasteiger partial charge in [0.05, 0.1) is 5.56 Å². The van der Waals surface area contributed by atoms with E-state index in [1.807, 2.05) is 0 Å². The summed E-state index contributed by atoms with van der Waals surface area (Å²) < 4.78 is 13.4. The number of nitrogen functional groups attached to an aromatic ring is 1. The highest BCUT2D eigenvalue weighted by Gasteiger charge is 2.02. The van der Waals surface area contributed by atoms with E-state index in [4.69, 9.17) is 12.2 Å². The number of nitrogens with two attached hydrogens (primary N) is 1. The second-order valence-electron chi connectivity index (χ2n) is 2.00. The fourth-order valence-electron chi connectivity index (χ4n) is 0.673. The monoisotopic (exact) mass is 213 g/mol. The number of anilines is 1. The summed E-state index contributed by atoms with van der Waals surface area (Å²) in [6, 6.07) is 2.67. The predicted molar refractivity (Wildman–Crippen MR) is 46.4 cm³/mol. The van der Waals surface area contributed by atoms with Crippen molar-refractivity contribution in [3.05, 3.63) is 28.0 Å². The van der Waals surface area contributed by atoms with Gasteiger partial charge in [0.25, 0.3) is 0 Å². The van der Waals surface area contributed by atoms with Gasteiger partial charge in [0, 0.05) is 10.2 Å². The highest BCUT2D eigenvalue weighted by Crippen LogP contribution is 2.22. The third-order valence-corrected chi connectivity index (χ3v) is 1.93. The summed E-state index contributed by atoms with van der Waals surface area (Å²) >= 11 is 3.13. The zero-order valence-corrected chi connectivity index (χ0v) is 7.15. The van der Waals surface area contributed by atoms with Crippen molar-refractivity contribution in [1.29, 1.82) is 0 Å². The first kappa shape index (κ1) is 8.09. The second-order valence-corrected chi connectivity index (χ2v) is 2.85. The number of halogens is 2. The molecular formula is C8H5BrFN. The Hall–Kier alpha value is -1.01. The molecule has 0 aliphatic heterocycles. The third kappa shape index (κ3) is 1.52. The molecule has 0 aliphatic rings. The molecule has 0 fully saturated rings. The summed E-state index contributed by atoms with van der Waals surface area (Å²) in [5.74, 6) is 1.74. The van der Waals surface area contributed by atoms with Crippen LogP contribution in [0.5, 0.6) is 0 Å². The first-order valence-electron chi connectivity index (χ1n) is 2.86. The standard InChI is InChI=1S/C8H5BrFN/c1-2-5-3-6(9)8(11)4-7(5)10/h1,3-4H,11H2. The van der Waals surface area contributed by atoms with E-state index < -0.39 is 5.82 Å². The summed E-state index contributed by atoms with van der Waals surface area (Å²) in [6.45, 7) is 0. The summed E-state index contributed by atoms with van der Waals surface area (Å²) in [5, 5.41) is 0. The molecule has 0 atom stereocenters. The Morgan fingerprint density at radius 2 is 2.18 bits per heavy atom. The molecule has 3 heteroatoms. The van der Waals surface area contributed by atoms with Crippen LogP contribution in [0.15, 0.2) is 16.6 Å². The lowest BCUT2D eigenvalue weighted by Gasteiger charge is -1.99. The average molecular weight is 214 g/mol. The maximum Gasteiger partial charge on any atom is 0.140 e. The molecule has 2 N–H and O–H groups in total. The van der Waals surface area contributed by atoms with E-state index in [0.29, 0.717) is 10.2 Å². The molecule has 0 radical (unpaired) electrons. The molecule has 0 saturated heterocycles. The van der Waals surface area contributed by atoms with E-state index in [1.165, 1.54) is 12.1 Å². The van der Waals surface area contributed by atoms with Crippen LogP contribution in [0, 0.1) is 18.2 Å². The van der Waals surface area contributed by atoms with Crippen LogP contribution in [0.2, 0.25) is 0 Å². The Morgan fingerprint density at radius 3 is 2.73 bits per heavy atom. The SMILES string of the molecule is C#Cc1cc(Br)c(N)cc1F. The molecule has 0 bridgehead atoms. The Bertz CT molecular complexity index is 328. The first-order chi connectivity index (χ1) is 5.15. The van der Waals surface area contributed by atoms with Crippen molar-refractivity contribution < 1.29 is 4.39 Å². The quantitative estimate of drug-likeness (QED) is 0.519. The van der Waals surface area contributed by atoms with Gasteiger partial charge in [-0.3, -0.25) is 0 Å². The number of hydrogen-bond donors (Lipinski definition) is 1. The highest BCUT2D eigenvalue weighted by molar-refractivity contribution is 9.10. The van der Waals surface area contributed by atoms with E-state index in [9.17, 15) is 4.39 Å². The minimum absolute atomic E-state index is 0.214. The van der Waals surface area contributed by atoms with Crippen LogP contribution in [0.3, 0.4) is 0 Å². The van der Waals surface area contributed by atoms with Crippen molar-refractivity contribution in [2.24, 2.45) is 0 Å². The van der Waals surface area contributed by atoms with Crippen molar-refractivity contribution >= 4 is 21.6 Å². The molecule has 0 spiro atoms. The highest BCUT2D eigenvalue weighted by atomic mass is 79.9. The molecule has 0 aromatic heterocycles. The van der Waals surface area contributed by atoms with Gasteiger partial charge >= 0.3 is 0 Å². The van der Waals surface area contributed by atoms with Gasteiger partial charge in [-0.2, -0.15) is 0 Å². The van der Waals surface area contributed by atoms with Gasteiger partial charge in [-0.25, -0.2) is 4.39 Å². The van der Waals surface area contributed by atoms with E-state index in [2.05, 4.69) is 21.9 Å². The Morgan fingerprint density at radius 1 is 1.55 bits per heavy atom. The van der Waals surface area contributed by atoms with Crippen LogP contribution < -0.4 is 5.73 Å². The minimum atomic E-state index is -0.465. The molecule has 0 aliphatic carbocycles. The minimum Gasteiger partial charge on any atom is -0.398 e. The van der Waals surface area contributed by atoms with Gasteiger partial charge in [-0.05, 0) is 28.1 Å². The molecule has 0 unspecified atom stereocenters. The van der Waals surface area contributed by atoms with Crippen molar-refractivity contribution in [2.75, 3.05) is 5.73 Å². The zero-order chi connectivity index (χ0) is 8.43. The first-order valence-corrected chi connectivity index (χ1v) is 3.65. The Kier molecular flexibility index (Phi) is 2.16. The molecule has 1 rings (SSSR count). The van der Waals surface area contributed by atoms with E-state index in [1.54, 1.807) is 0 Å². The van der Waals surface area contributed by atoms with Crippen LogP contribution in [0.4, 0.5) is 10.1 Å². The maximum absolute atomic E-state index is 12.8. The summed E-state index contributed by atoms with van der Waals surface area (Å²) in [4.78, 5) is 0. The molecule has 1 aromatic rings. The molecule has 11 heavy (non-hydrogen) atoms.